The molecule has 222 valence electrons. The molecule has 1 aliphatic heterocycles. The number of hydrogen-bond acceptors (Lipinski definition) is 8. The van der Waals surface area contributed by atoms with E-state index in [0.29, 0.717) is 32.6 Å². The van der Waals surface area contributed by atoms with Crippen LogP contribution in [0.15, 0.2) is 60.1 Å². The van der Waals surface area contributed by atoms with E-state index in [2.05, 4.69) is 33.6 Å². The Morgan fingerprint density at radius 1 is 0.791 bits per heavy atom. The van der Waals surface area contributed by atoms with Crippen LogP contribution in [0.2, 0.25) is 0 Å². The molecular formula is C34H40N8O. The van der Waals surface area contributed by atoms with Gasteiger partial charge in [0, 0.05) is 25.5 Å². The van der Waals surface area contributed by atoms with Crippen molar-refractivity contribution in [2.75, 3.05) is 6.67 Å². The molecule has 0 amide bonds. The Labute approximate surface area is 254 Å². The van der Waals surface area contributed by atoms with Crippen molar-refractivity contribution < 1.29 is 5.11 Å². The minimum atomic E-state index is -1.10. The first kappa shape index (κ1) is 31.4. The second-order valence-corrected chi connectivity index (χ2v) is 13.0. The Morgan fingerprint density at radius 2 is 1.35 bits per heavy atom. The molecule has 0 radical (unpaired) electrons. The zero-order chi connectivity index (χ0) is 31.5. The molecule has 2 aromatic carbocycles. The van der Waals surface area contributed by atoms with E-state index >= 15 is 0 Å². The van der Waals surface area contributed by atoms with Gasteiger partial charge in [-0.05, 0) is 87.8 Å². The van der Waals surface area contributed by atoms with Crippen LogP contribution in [0.3, 0.4) is 0 Å². The number of imidazole rings is 1. The highest BCUT2D eigenvalue weighted by Crippen LogP contribution is 2.39. The number of aromatic nitrogens is 2. The molecule has 2 N–H and O–H groups in total. The smallest absolute Gasteiger partial charge is 0.110 e. The molecule has 0 saturated carbocycles. The van der Waals surface area contributed by atoms with E-state index in [-0.39, 0.29) is 0 Å². The van der Waals surface area contributed by atoms with Crippen molar-refractivity contribution >= 4 is 6.34 Å². The molecule has 0 saturated heterocycles. The molecule has 3 aromatic rings. The molecule has 9 nitrogen and oxygen atoms in total. The summed E-state index contributed by atoms with van der Waals surface area (Å²) in [5, 5.41) is 43.9. The van der Waals surface area contributed by atoms with Gasteiger partial charge in [-0.2, -0.15) is 20.8 Å². The second-order valence-electron chi connectivity index (χ2n) is 13.0. The summed E-state index contributed by atoms with van der Waals surface area (Å²) in [6, 6.07) is 19.4. The van der Waals surface area contributed by atoms with E-state index in [1.165, 1.54) is 0 Å². The summed E-state index contributed by atoms with van der Waals surface area (Å²) in [6.07, 6.45) is 7.82. The van der Waals surface area contributed by atoms with E-state index in [1.807, 2.05) is 79.9 Å². The second kappa shape index (κ2) is 12.0. The normalized spacial score (nSPS) is 16.4. The summed E-state index contributed by atoms with van der Waals surface area (Å²) in [5.41, 5.74) is 4.50. The molecule has 0 spiro atoms. The van der Waals surface area contributed by atoms with Crippen LogP contribution in [-0.4, -0.2) is 32.7 Å². The highest BCUT2D eigenvalue weighted by molar-refractivity contribution is 5.55. The summed E-state index contributed by atoms with van der Waals surface area (Å²) in [4.78, 5) is 8.35. The Hall–Kier alpha value is -4.49. The van der Waals surface area contributed by atoms with Gasteiger partial charge in [-0.15, -0.1) is 0 Å². The monoisotopic (exact) mass is 576 g/mol. The van der Waals surface area contributed by atoms with E-state index in [9.17, 15) is 20.9 Å². The number of aliphatic hydroxyl groups is 1. The molecule has 2 unspecified atom stereocenters. The average molecular weight is 577 g/mol. The third kappa shape index (κ3) is 7.12. The van der Waals surface area contributed by atoms with Crippen LogP contribution in [0.25, 0.3) is 0 Å². The molecule has 4 rings (SSSR count). The number of aliphatic imine (C=N–C) groups is 1. The Balaban J connectivity index is 1.70. The maximum absolute atomic E-state index is 10.9. The van der Waals surface area contributed by atoms with Gasteiger partial charge in [0.15, 0.2) is 0 Å². The number of benzene rings is 2. The van der Waals surface area contributed by atoms with Crippen molar-refractivity contribution in [3.8, 4) is 18.2 Å². The fourth-order valence-electron chi connectivity index (χ4n) is 5.22. The third-order valence-electron chi connectivity index (χ3n) is 8.47. The number of rotatable bonds is 11. The van der Waals surface area contributed by atoms with Gasteiger partial charge in [0.05, 0.1) is 52.7 Å². The average Bonchev–Trinajstić information content (AvgIpc) is 3.69. The number of nitrogens with zero attached hydrogens (tertiary/aromatic N) is 7. The summed E-state index contributed by atoms with van der Waals surface area (Å²) >= 11 is 0. The molecule has 0 bridgehead atoms. The fourth-order valence-corrected chi connectivity index (χ4v) is 5.22. The Morgan fingerprint density at radius 3 is 1.84 bits per heavy atom. The van der Waals surface area contributed by atoms with Crippen LogP contribution in [-0.2, 0) is 34.9 Å². The number of nitriles is 3. The van der Waals surface area contributed by atoms with Gasteiger partial charge in [0.2, 0.25) is 0 Å². The maximum atomic E-state index is 10.9. The lowest BCUT2D eigenvalue weighted by Crippen LogP contribution is -2.32. The van der Waals surface area contributed by atoms with Gasteiger partial charge in [0.25, 0.3) is 0 Å². The lowest BCUT2D eigenvalue weighted by molar-refractivity contribution is 0.0782. The number of nitrogens with one attached hydrogen (secondary N) is 1. The lowest BCUT2D eigenvalue weighted by Gasteiger charge is -2.31. The topological polar surface area (TPSA) is 137 Å². The van der Waals surface area contributed by atoms with Crippen molar-refractivity contribution in [1.82, 2.24) is 20.0 Å². The van der Waals surface area contributed by atoms with Crippen molar-refractivity contribution in [1.29, 1.82) is 15.8 Å². The van der Waals surface area contributed by atoms with E-state index in [4.69, 9.17) is 0 Å². The molecule has 2 heterocycles. The highest BCUT2D eigenvalue weighted by Gasteiger charge is 2.36. The van der Waals surface area contributed by atoms with Gasteiger partial charge in [0.1, 0.15) is 6.67 Å². The van der Waals surface area contributed by atoms with Crippen molar-refractivity contribution in [3.05, 3.63) is 88.5 Å². The fraction of sp³-hybridized carbons (Fsp3) is 0.441. The zero-order valence-corrected chi connectivity index (χ0v) is 25.9. The van der Waals surface area contributed by atoms with Crippen LogP contribution in [0.1, 0.15) is 87.8 Å². The SMILES string of the molecule is CC(C)(O)c1cc(CN2CN=CN2)cc(C(C)(C#N)CCC(C)(C#N)c2cc(Cn3ccnc3)cc(C(C)(C)C#N)c2)c1. The van der Waals surface area contributed by atoms with E-state index in [1.54, 1.807) is 32.7 Å². The van der Waals surface area contributed by atoms with Crippen LogP contribution in [0, 0.1) is 34.0 Å². The van der Waals surface area contributed by atoms with Crippen molar-refractivity contribution in [2.45, 2.75) is 89.3 Å². The van der Waals surface area contributed by atoms with Crippen LogP contribution >= 0.6 is 0 Å². The molecule has 1 aromatic heterocycles. The first-order chi connectivity index (χ1) is 20.2. The molecule has 2 atom stereocenters. The Kier molecular flexibility index (Phi) is 8.79. The maximum Gasteiger partial charge on any atom is 0.110 e. The minimum absolute atomic E-state index is 0.413. The predicted molar refractivity (Wildman–Crippen MR) is 165 cm³/mol. The molecule has 0 fully saturated rings. The van der Waals surface area contributed by atoms with Gasteiger partial charge in [-0.25, -0.2) is 4.98 Å². The van der Waals surface area contributed by atoms with Gasteiger partial charge >= 0.3 is 0 Å². The van der Waals surface area contributed by atoms with Crippen molar-refractivity contribution in [3.63, 3.8) is 0 Å². The number of hydrazine groups is 1. The molecule has 43 heavy (non-hydrogen) atoms. The summed E-state index contributed by atoms with van der Waals surface area (Å²) in [7, 11) is 0. The third-order valence-corrected chi connectivity index (χ3v) is 8.47. The van der Waals surface area contributed by atoms with E-state index < -0.39 is 21.8 Å². The minimum Gasteiger partial charge on any atom is -0.386 e. The first-order valence-corrected chi connectivity index (χ1v) is 14.4. The molecular weight excluding hydrogens is 536 g/mol. The van der Waals surface area contributed by atoms with Crippen LogP contribution in [0.5, 0.6) is 0 Å². The van der Waals surface area contributed by atoms with Gasteiger partial charge < -0.3 is 15.1 Å². The van der Waals surface area contributed by atoms with Gasteiger partial charge in [-0.1, -0.05) is 36.4 Å². The quantitative estimate of drug-likeness (QED) is 0.316. The van der Waals surface area contributed by atoms with Crippen LogP contribution < -0.4 is 5.43 Å². The lowest BCUT2D eigenvalue weighted by atomic mass is 9.70. The van der Waals surface area contributed by atoms with Crippen LogP contribution in [0.4, 0.5) is 0 Å². The summed E-state index contributed by atoms with van der Waals surface area (Å²) in [6.45, 7) is 12.7. The zero-order valence-electron chi connectivity index (χ0n) is 25.9. The largest absolute Gasteiger partial charge is 0.386 e. The molecule has 9 heteroatoms. The van der Waals surface area contributed by atoms with Crippen molar-refractivity contribution in [2.24, 2.45) is 4.99 Å². The number of hydrogen-bond donors (Lipinski definition) is 2. The highest BCUT2D eigenvalue weighted by atomic mass is 16.3. The predicted octanol–water partition coefficient (Wildman–Crippen LogP) is 5.31. The summed E-state index contributed by atoms with van der Waals surface area (Å²) in [5.74, 6) is 0. The van der Waals surface area contributed by atoms with Gasteiger partial charge in [-0.3, -0.25) is 4.99 Å². The molecule has 1 aliphatic rings. The first-order valence-electron chi connectivity index (χ1n) is 14.4. The molecule has 0 aliphatic carbocycles. The van der Waals surface area contributed by atoms with E-state index in [0.717, 1.165) is 33.4 Å². The summed E-state index contributed by atoms with van der Waals surface area (Å²) < 4.78 is 1.95. The standard InChI is InChI=1S/C34H40N8O/c1-31(2,19-35)27-11-25(17-41-10-9-38-23-41)13-29(15-27)33(5,20-36)7-8-34(6,21-37)30-14-26(18-42-24-39-22-40-42)12-28(16-30)32(3,4)43/h9-16,22-23,43H,7-8,17-18,24H2,1-6H3,(H,39,40). The Bertz CT molecular complexity index is 1610.